The van der Waals surface area contributed by atoms with Gasteiger partial charge in [-0.05, 0) is 17.5 Å². The molecular formula is C18H23FN2O6. The summed E-state index contributed by atoms with van der Waals surface area (Å²) in [6.45, 7) is 5.67. The number of amides is 3. The highest BCUT2D eigenvalue weighted by atomic mass is 19.1. The number of anilines is 1. The molecule has 0 aromatic heterocycles. The van der Waals surface area contributed by atoms with Gasteiger partial charge in [0.15, 0.2) is 6.23 Å². The van der Waals surface area contributed by atoms with Gasteiger partial charge in [0, 0.05) is 18.4 Å². The second-order valence-corrected chi connectivity index (χ2v) is 7.01. The molecule has 2 rings (SSSR count). The first-order valence-corrected chi connectivity index (χ1v) is 8.18. The average molecular weight is 382 g/mol. The van der Waals surface area contributed by atoms with Gasteiger partial charge in [0.1, 0.15) is 11.3 Å². The van der Waals surface area contributed by atoms with Crippen LogP contribution in [0.1, 0.15) is 36.7 Å². The lowest BCUT2D eigenvalue weighted by molar-refractivity contribution is -0.131. The van der Waals surface area contributed by atoms with Crippen LogP contribution in [0.15, 0.2) is 12.1 Å². The molecule has 2 atom stereocenters. The fourth-order valence-corrected chi connectivity index (χ4v) is 2.89. The Bertz CT molecular complexity index is 774. The summed E-state index contributed by atoms with van der Waals surface area (Å²) >= 11 is 0. The third-order valence-electron chi connectivity index (χ3n) is 4.22. The molecule has 3 amide bonds. The second-order valence-electron chi connectivity index (χ2n) is 7.01. The highest BCUT2D eigenvalue weighted by molar-refractivity contribution is 6.08. The number of methoxy groups -OCH3 is 3. The smallest absolute Gasteiger partial charge is 0.341 e. The Morgan fingerprint density at radius 3 is 2.30 bits per heavy atom. The van der Waals surface area contributed by atoms with E-state index < -0.39 is 35.7 Å². The van der Waals surface area contributed by atoms with Gasteiger partial charge in [-0.1, -0.05) is 20.8 Å². The number of carbonyl (C=O) groups excluding carboxylic acids is 3. The average Bonchev–Trinajstić information content (AvgIpc) is 2.61. The molecule has 0 bridgehead atoms. The standard InChI is InChI=1S/C18H23FN2O6/c1-18(2,3)11-8-9(7-10(13(11)25-4)16(23)27-6)21-15(26-5)12(19)14(22)20-17(21)24/h7-8,12,15H,1-6H3,(H,20,22,24). The van der Waals surface area contributed by atoms with Crippen LogP contribution >= 0.6 is 0 Å². The summed E-state index contributed by atoms with van der Waals surface area (Å²) in [5.41, 5.74) is 0.347. The lowest BCUT2D eigenvalue weighted by atomic mass is 9.84. The van der Waals surface area contributed by atoms with Crippen LogP contribution in [-0.2, 0) is 19.7 Å². The van der Waals surface area contributed by atoms with Gasteiger partial charge in [-0.15, -0.1) is 0 Å². The molecule has 0 aliphatic carbocycles. The van der Waals surface area contributed by atoms with Gasteiger partial charge in [0.2, 0.25) is 6.17 Å². The van der Waals surface area contributed by atoms with Crippen LogP contribution in [0.25, 0.3) is 0 Å². The Hall–Kier alpha value is -2.68. The Labute approximate surface area is 156 Å². The van der Waals surface area contributed by atoms with E-state index in [1.165, 1.54) is 27.4 Å². The molecule has 9 heteroatoms. The van der Waals surface area contributed by atoms with Crippen molar-refractivity contribution < 1.29 is 33.0 Å². The summed E-state index contributed by atoms with van der Waals surface area (Å²) < 4.78 is 29.6. The molecule has 1 N–H and O–H groups in total. The molecule has 27 heavy (non-hydrogen) atoms. The predicted octanol–water partition coefficient (Wildman–Crippen LogP) is 2.15. The molecule has 0 radical (unpaired) electrons. The highest BCUT2D eigenvalue weighted by Crippen LogP contribution is 2.39. The zero-order valence-corrected chi connectivity index (χ0v) is 16.1. The number of rotatable bonds is 4. The van der Waals surface area contributed by atoms with E-state index in [1.54, 1.807) is 6.07 Å². The van der Waals surface area contributed by atoms with Crippen molar-refractivity contribution in [2.24, 2.45) is 0 Å². The maximum Gasteiger partial charge on any atom is 0.341 e. The zero-order chi connectivity index (χ0) is 20.5. The molecule has 2 unspecified atom stereocenters. The number of hydrogen-bond donors (Lipinski definition) is 1. The molecule has 148 valence electrons. The molecule has 1 aliphatic heterocycles. The van der Waals surface area contributed by atoms with Crippen molar-refractivity contribution in [1.82, 2.24) is 5.32 Å². The number of benzene rings is 1. The first-order chi connectivity index (χ1) is 12.6. The van der Waals surface area contributed by atoms with Crippen LogP contribution in [0, 0.1) is 0 Å². The van der Waals surface area contributed by atoms with Crippen molar-refractivity contribution in [2.75, 3.05) is 26.2 Å². The van der Waals surface area contributed by atoms with Crippen LogP contribution in [-0.4, -0.2) is 51.6 Å². The number of carbonyl (C=O) groups is 3. The van der Waals surface area contributed by atoms with E-state index in [0.29, 0.717) is 5.56 Å². The first kappa shape index (κ1) is 20.6. The number of imide groups is 1. The molecular weight excluding hydrogens is 359 g/mol. The van der Waals surface area contributed by atoms with Crippen molar-refractivity contribution in [2.45, 2.75) is 38.6 Å². The normalized spacial score (nSPS) is 20.3. The van der Waals surface area contributed by atoms with E-state index in [9.17, 15) is 18.8 Å². The van der Waals surface area contributed by atoms with E-state index in [0.717, 1.165) is 4.90 Å². The van der Waals surface area contributed by atoms with Crippen LogP contribution in [0.2, 0.25) is 0 Å². The minimum absolute atomic E-state index is 0.0670. The van der Waals surface area contributed by atoms with Gasteiger partial charge in [0.25, 0.3) is 5.91 Å². The molecule has 1 heterocycles. The number of nitrogens with zero attached hydrogens (tertiary/aromatic N) is 1. The van der Waals surface area contributed by atoms with Crippen LogP contribution in [0.4, 0.5) is 14.9 Å². The van der Waals surface area contributed by atoms with Crippen molar-refractivity contribution in [3.05, 3.63) is 23.3 Å². The molecule has 8 nitrogen and oxygen atoms in total. The van der Waals surface area contributed by atoms with Gasteiger partial charge in [-0.25, -0.2) is 14.0 Å². The molecule has 0 saturated carbocycles. The lowest BCUT2D eigenvalue weighted by Crippen LogP contribution is -2.62. The third kappa shape index (κ3) is 3.73. The zero-order valence-electron chi connectivity index (χ0n) is 16.1. The fourth-order valence-electron chi connectivity index (χ4n) is 2.89. The monoisotopic (exact) mass is 382 g/mol. The summed E-state index contributed by atoms with van der Waals surface area (Å²) in [7, 11) is 3.82. The van der Waals surface area contributed by atoms with Crippen LogP contribution in [0.5, 0.6) is 5.75 Å². The van der Waals surface area contributed by atoms with E-state index in [4.69, 9.17) is 14.2 Å². The SMILES string of the molecule is COC(=O)c1cc(N2C(=O)NC(=O)C(F)C2OC)cc(C(C)(C)C)c1OC. The van der Waals surface area contributed by atoms with Gasteiger partial charge in [-0.3, -0.25) is 15.0 Å². The molecule has 1 aliphatic rings. The minimum Gasteiger partial charge on any atom is -0.496 e. The van der Waals surface area contributed by atoms with Gasteiger partial charge in [-0.2, -0.15) is 0 Å². The van der Waals surface area contributed by atoms with E-state index in [1.807, 2.05) is 26.1 Å². The van der Waals surface area contributed by atoms with E-state index in [2.05, 4.69) is 0 Å². The molecule has 0 spiro atoms. The maximum atomic E-state index is 14.3. The van der Waals surface area contributed by atoms with Crippen molar-refractivity contribution >= 4 is 23.6 Å². The molecule has 1 fully saturated rings. The Kier molecular flexibility index (Phi) is 5.74. The van der Waals surface area contributed by atoms with E-state index in [-0.39, 0.29) is 17.0 Å². The Morgan fingerprint density at radius 2 is 1.81 bits per heavy atom. The van der Waals surface area contributed by atoms with Gasteiger partial charge >= 0.3 is 12.0 Å². The first-order valence-electron chi connectivity index (χ1n) is 8.18. The minimum atomic E-state index is -2.09. The number of nitrogens with one attached hydrogen (secondary N) is 1. The highest BCUT2D eigenvalue weighted by Gasteiger charge is 2.43. The molecule has 1 saturated heterocycles. The van der Waals surface area contributed by atoms with Gasteiger partial charge in [0.05, 0.1) is 14.2 Å². The number of alkyl halides is 1. The van der Waals surface area contributed by atoms with Crippen molar-refractivity contribution in [3.8, 4) is 5.75 Å². The largest absolute Gasteiger partial charge is 0.496 e. The maximum absolute atomic E-state index is 14.3. The number of esters is 1. The molecule has 1 aromatic carbocycles. The molecule has 1 aromatic rings. The number of halogens is 1. The topological polar surface area (TPSA) is 94.2 Å². The summed E-state index contributed by atoms with van der Waals surface area (Å²) in [4.78, 5) is 37.2. The van der Waals surface area contributed by atoms with E-state index >= 15 is 0 Å². The lowest BCUT2D eigenvalue weighted by Gasteiger charge is -2.37. The van der Waals surface area contributed by atoms with Crippen LogP contribution < -0.4 is 15.0 Å². The number of hydrogen-bond acceptors (Lipinski definition) is 6. The van der Waals surface area contributed by atoms with Crippen molar-refractivity contribution in [3.63, 3.8) is 0 Å². The summed E-state index contributed by atoms with van der Waals surface area (Å²) in [6.07, 6.45) is -3.56. The second kappa shape index (κ2) is 7.51. The number of ether oxygens (including phenoxy) is 3. The van der Waals surface area contributed by atoms with Gasteiger partial charge < -0.3 is 14.2 Å². The summed E-state index contributed by atoms with van der Waals surface area (Å²) in [5.74, 6) is -1.48. The predicted molar refractivity (Wildman–Crippen MR) is 94.7 cm³/mol. The Morgan fingerprint density at radius 1 is 1.19 bits per heavy atom. The fraction of sp³-hybridized carbons (Fsp3) is 0.500. The number of urea groups is 1. The van der Waals surface area contributed by atoms with Crippen molar-refractivity contribution in [1.29, 1.82) is 0 Å². The Balaban J connectivity index is 2.74. The summed E-state index contributed by atoms with van der Waals surface area (Å²) in [5, 5.41) is 1.94. The third-order valence-corrected chi connectivity index (χ3v) is 4.22. The summed E-state index contributed by atoms with van der Waals surface area (Å²) in [6, 6.07) is 2.08. The van der Waals surface area contributed by atoms with Crippen LogP contribution in [0.3, 0.4) is 0 Å². The quantitative estimate of drug-likeness (QED) is 0.802.